The lowest BCUT2D eigenvalue weighted by Gasteiger charge is -2.30. The van der Waals surface area contributed by atoms with Crippen LogP contribution in [0.15, 0.2) is 53.4 Å². The number of para-hydroxylation sites is 1. The van der Waals surface area contributed by atoms with Crippen LogP contribution in [0.1, 0.15) is 62.9 Å². The quantitative estimate of drug-likeness (QED) is 0.419. The third-order valence-electron chi connectivity index (χ3n) is 8.19. The van der Waals surface area contributed by atoms with Gasteiger partial charge in [0, 0.05) is 36.6 Å². The van der Waals surface area contributed by atoms with E-state index in [4.69, 9.17) is 4.74 Å². The molecule has 43 heavy (non-hydrogen) atoms. The topological polar surface area (TPSA) is 116 Å². The third-order valence-corrected chi connectivity index (χ3v) is 11.1. The number of hydrogen-bond acceptors (Lipinski definition) is 7. The smallest absolute Gasteiger partial charge is 0.410 e. The van der Waals surface area contributed by atoms with E-state index in [9.17, 15) is 22.8 Å². The highest BCUT2D eigenvalue weighted by Crippen LogP contribution is 2.39. The van der Waals surface area contributed by atoms with Crippen LogP contribution in [0.3, 0.4) is 0 Å². The van der Waals surface area contributed by atoms with Gasteiger partial charge in [0.05, 0.1) is 29.3 Å². The number of carbonyl (C=O) groups excluding carboxylic acids is 3. The van der Waals surface area contributed by atoms with Gasteiger partial charge in [-0.05, 0) is 80.5 Å². The molecule has 6 rings (SSSR count). The molecule has 0 radical (unpaired) electrons. The monoisotopic (exact) mass is 622 g/mol. The summed E-state index contributed by atoms with van der Waals surface area (Å²) in [4.78, 5) is 43.8. The zero-order valence-corrected chi connectivity index (χ0v) is 25.6. The van der Waals surface area contributed by atoms with E-state index in [1.54, 1.807) is 11.8 Å². The average molecular weight is 623 g/mol. The van der Waals surface area contributed by atoms with E-state index >= 15 is 0 Å². The molecule has 0 saturated carbocycles. The number of fused-ring (bicyclic) bond motifs is 2. The summed E-state index contributed by atoms with van der Waals surface area (Å²) in [6, 6.07) is 13.4. The molecule has 4 heterocycles. The summed E-state index contributed by atoms with van der Waals surface area (Å²) in [7, 11) is -3.81. The number of sulfonamides is 1. The molecule has 1 aromatic heterocycles. The van der Waals surface area contributed by atoms with Crippen molar-refractivity contribution in [3.8, 4) is 0 Å². The summed E-state index contributed by atoms with van der Waals surface area (Å²) < 4.78 is 33.7. The molecule has 0 unspecified atom stereocenters. The lowest BCUT2D eigenvalue weighted by Crippen LogP contribution is -2.36. The molecule has 3 amide bonds. The zero-order chi connectivity index (χ0) is 30.1. The Morgan fingerprint density at radius 3 is 2.40 bits per heavy atom. The minimum absolute atomic E-state index is 0.108. The maximum atomic E-state index is 13.6. The predicted molar refractivity (Wildman–Crippen MR) is 164 cm³/mol. The second kappa shape index (κ2) is 12.0. The number of nitrogens with zero attached hydrogens (tertiary/aromatic N) is 3. The van der Waals surface area contributed by atoms with Crippen molar-refractivity contribution in [2.75, 3.05) is 42.4 Å². The summed E-state index contributed by atoms with van der Waals surface area (Å²) in [5.74, 6) is -0.554. The molecule has 10 nitrogen and oxygen atoms in total. The van der Waals surface area contributed by atoms with E-state index in [0.29, 0.717) is 55.4 Å². The highest BCUT2D eigenvalue weighted by molar-refractivity contribution is 7.92. The van der Waals surface area contributed by atoms with Crippen molar-refractivity contribution >= 4 is 50.0 Å². The van der Waals surface area contributed by atoms with Crippen molar-refractivity contribution in [3.63, 3.8) is 0 Å². The fraction of sp³-hybridized carbons (Fsp3) is 0.387. The van der Waals surface area contributed by atoms with Crippen molar-refractivity contribution < 1.29 is 27.5 Å². The average Bonchev–Trinajstić information content (AvgIpc) is 3.69. The molecule has 12 heteroatoms. The summed E-state index contributed by atoms with van der Waals surface area (Å²) in [6.45, 7) is 4.50. The lowest BCUT2D eigenvalue weighted by molar-refractivity contribution is 0.0792. The normalized spacial score (nSPS) is 16.4. The van der Waals surface area contributed by atoms with Crippen molar-refractivity contribution in [1.82, 2.24) is 9.80 Å². The molecule has 3 aliphatic heterocycles. The first-order valence-electron chi connectivity index (χ1n) is 14.7. The van der Waals surface area contributed by atoms with Crippen LogP contribution < -0.4 is 9.62 Å². The first-order valence-corrected chi connectivity index (χ1v) is 16.9. The zero-order valence-electron chi connectivity index (χ0n) is 24.0. The van der Waals surface area contributed by atoms with E-state index in [1.165, 1.54) is 39.9 Å². The van der Waals surface area contributed by atoms with Crippen LogP contribution >= 0.6 is 11.3 Å². The second-order valence-corrected chi connectivity index (χ2v) is 13.8. The highest BCUT2D eigenvalue weighted by Gasteiger charge is 2.34. The van der Waals surface area contributed by atoms with Crippen molar-refractivity contribution in [2.24, 2.45) is 0 Å². The maximum Gasteiger partial charge on any atom is 0.410 e. The molecule has 2 aromatic carbocycles. The van der Waals surface area contributed by atoms with E-state index in [0.717, 1.165) is 41.7 Å². The largest absolute Gasteiger partial charge is 0.450 e. The number of hydrogen-bond donors (Lipinski definition) is 1. The molecule has 0 bridgehead atoms. The van der Waals surface area contributed by atoms with Gasteiger partial charge in [0.2, 0.25) is 0 Å². The minimum atomic E-state index is -3.81. The number of benzene rings is 2. The molecule has 0 aliphatic carbocycles. The van der Waals surface area contributed by atoms with Crippen molar-refractivity contribution in [2.45, 2.75) is 50.5 Å². The van der Waals surface area contributed by atoms with Gasteiger partial charge < -0.3 is 19.9 Å². The van der Waals surface area contributed by atoms with E-state index < -0.39 is 22.0 Å². The van der Waals surface area contributed by atoms with Gasteiger partial charge in [-0.2, -0.15) is 0 Å². The standard InChI is InChI=1S/C31H34N4O6S2/c1-2-41-31(38)34-19-15-24-26(20-34)42-29(27(24)30(37)33-16-5-6-17-33)32-28(36)22-11-13-23(14-12-22)43(39,40)35-18-7-9-21-8-3-4-10-25(21)35/h3-4,8,10-14H,2,5-7,9,15-20H2,1H3,(H,32,36). The van der Waals surface area contributed by atoms with Crippen LogP contribution in [0, 0.1) is 0 Å². The molecule has 1 saturated heterocycles. The Balaban J connectivity index is 1.25. The van der Waals surface area contributed by atoms with Gasteiger partial charge in [0.25, 0.3) is 21.8 Å². The Labute approximate surface area is 255 Å². The van der Waals surface area contributed by atoms with Gasteiger partial charge in [-0.1, -0.05) is 18.2 Å². The molecular formula is C31H34N4O6S2. The van der Waals surface area contributed by atoms with E-state index in [2.05, 4.69) is 5.32 Å². The number of anilines is 2. The number of nitrogens with one attached hydrogen (secondary N) is 1. The van der Waals surface area contributed by atoms with Gasteiger partial charge in [-0.25, -0.2) is 13.2 Å². The van der Waals surface area contributed by atoms with Crippen LogP contribution in [0.4, 0.5) is 15.5 Å². The van der Waals surface area contributed by atoms with E-state index in [-0.39, 0.29) is 23.0 Å². The predicted octanol–water partition coefficient (Wildman–Crippen LogP) is 4.89. The Morgan fingerprint density at radius 2 is 1.65 bits per heavy atom. The number of thiophene rings is 1. The molecule has 3 aliphatic rings. The Kier molecular flexibility index (Phi) is 8.15. The lowest BCUT2D eigenvalue weighted by atomic mass is 10.0. The number of amides is 3. The molecule has 1 N–H and O–H groups in total. The summed E-state index contributed by atoms with van der Waals surface area (Å²) in [6.07, 6.45) is 3.53. The Morgan fingerprint density at radius 1 is 0.907 bits per heavy atom. The van der Waals surface area contributed by atoms with Gasteiger partial charge in [-0.3, -0.25) is 13.9 Å². The number of rotatable bonds is 6. The van der Waals surface area contributed by atoms with Crippen molar-refractivity contribution in [1.29, 1.82) is 0 Å². The van der Waals surface area contributed by atoms with Crippen LogP contribution in [0.2, 0.25) is 0 Å². The van der Waals surface area contributed by atoms with Gasteiger partial charge in [0.1, 0.15) is 5.00 Å². The first kappa shape index (κ1) is 29.2. The number of ether oxygens (including phenoxy) is 1. The molecule has 3 aromatic rings. The molecular weight excluding hydrogens is 588 g/mol. The summed E-state index contributed by atoms with van der Waals surface area (Å²) in [5.41, 5.74) is 3.31. The fourth-order valence-corrected chi connectivity index (χ4v) is 8.79. The van der Waals surface area contributed by atoms with Crippen LogP contribution in [0.25, 0.3) is 0 Å². The SMILES string of the molecule is CCOC(=O)N1CCc2c(sc(NC(=O)c3ccc(S(=O)(=O)N4CCCc5ccccc54)cc3)c2C(=O)N2CCCC2)C1. The summed E-state index contributed by atoms with van der Waals surface area (Å²) in [5, 5.41) is 3.37. The third kappa shape index (κ3) is 5.61. The van der Waals surface area contributed by atoms with Crippen LogP contribution in [0.5, 0.6) is 0 Å². The minimum Gasteiger partial charge on any atom is -0.450 e. The number of carbonyl (C=O) groups is 3. The van der Waals surface area contributed by atoms with Crippen LogP contribution in [-0.2, 0) is 34.1 Å². The Hall–Kier alpha value is -3.90. The van der Waals surface area contributed by atoms with Crippen LogP contribution in [-0.4, -0.2) is 68.9 Å². The first-order chi connectivity index (χ1) is 20.8. The second-order valence-electron chi connectivity index (χ2n) is 10.9. The van der Waals surface area contributed by atoms with Gasteiger partial charge in [-0.15, -0.1) is 11.3 Å². The number of likely N-dealkylation sites (tertiary alicyclic amines) is 1. The van der Waals surface area contributed by atoms with Gasteiger partial charge >= 0.3 is 6.09 Å². The molecule has 0 spiro atoms. The van der Waals surface area contributed by atoms with Gasteiger partial charge in [0.15, 0.2) is 0 Å². The highest BCUT2D eigenvalue weighted by atomic mass is 32.2. The summed E-state index contributed by atoms with van der Waals surface area (Å²) >= 11 is 1.30. The number of aryl methyl sites for hydroxylation is 1. The maximum absolute atomic E-state index is 13.6. The fourth-order valence-electron chi connectivity index (χ4n) is 6.00. The molecule has 0 atom stereocenters. The molecule has 226 valence electrons. The van der Waals surface area contributed by atoms with E-state index in [1.807, 2.05) is 29.2 Å². The van der Waals surface area contributed by atoms with Crippen molar-refractivity contribution in [3.05, 3.63) is 75.7 Å². The molecule has 1 fully saturated rings. The Bertz CT molecular complexity index is 1660.